The first-order valence-electron chi connectivity index (χ1n) is 5.12. The van der Waals surface area contributed by atoms with Crippen molar-refractivity contribution in [1.82, 2.24) is 5.01 Å². The fraction of sp³-hybridized carbons (Fsp3) is 0.444. The number of phosphoric acid groups is 1. The van der Waals surface area contributed by atoms with Crippen molar-refractivity contribution >= 4 is 25.4 Å². The number of morpholine rings is 1. The van der Waals surface area contributed by atoms with Gasteiger partial charge in [0.05, 0.1) is 32.5 Å². The standard InChI is InChI=1S/C9H12N2OS.H3O4P/c1-6-13-8-9(1)7-10-11-2-4-12-5-3-11;1-5(2,3)4/h1,6-8H,2-5H2;(H3,1,2,3,4)/b10-7+;. The van der Waals surface area contributed by atoms with Gasteiger partial charge in [0.15, 0.2) is 0 Å². The van der Waals surface area contributed by atoms with Crippen LogP contribution < -0.4 is 0 Å². The van der Waals surface area contributed by atoms with E-state index in [1.165, 1.54) is 5.56 Å². The van der Waals surface area contributed by atoms with E-state index in [1.807, 2.05) is 11.2 Å². The highest BCUT2D eigenvalue weighted by molar-refractivity contribution is 7.45. The Hall–Kier alpha value is -0.760. The van der Waals surface area contributed by atoms with Crippen LogP contribution in [0.3, 0.4) is 0 Å². The summed E-state index contributed by atoms with van der Waals surface area (Å²) in [6.45, 7) is 3.39. The van der Waals surface area contributed by atoms with Crippen LogP contribution in [-0.4, -0.2) is 52.2 Å². The summed E-state index contributed by atoms with van der Waals surface area (Å²) in [6, 6.07) is 2.06. The molecule has 0 radical (unpaired) electrons. The fourth-order valence-electron chi connectivity index (χ4n) is 1.17. The van der Waals surface area contributed by atoms with Crippen LogP contribution in [0.4, 0.5) is 0 Å². The molecule has 1 aliphatic rings. The van der Waals surface area contributed by atoms with Crippen LogP contribution in [0.2, 0.25) is 0 Å². The monoisotopic (exact) mass is 294 g/mol. The molecular weight excluding hydrogens is 279 g/mol. The second kappa shape index (κ2) is 7.63. The van der Waals surface area contributed by atoms with Crippen LogP contribution >= 0.6 is 19.2 Å². The van der Waals surface area contributed by atoms with Gasteiger partial charge in [0.1, 0.15) is 0 Å². The number of hydrogen-bond donors (Lipinski definition) is 3. The summed E-state index contributed by atoms with van der Waals surface area (Å²) in [5.41, 5.74) is 1.18. The molecule has 18 heavy (non-hydrogen) atoms. The Labute approximate surface area is 109 Å². The van der Waals surface area contributed by atoms with Crippen molar-refractivity contribution in [2.24, 2.45) is 5.10 Å². The lowest BCUT2D eigenvalue weighted by molar-refractivity contribution is 0.0397. The van der Waals surface area contributed by atoms with E-state index < -0.39 is 7.82 Å². The Morgan fingerprint density at radius 1 is 1.39 bits per heavy atom. The number of thiophene rings is 1. The zero-order chi connectivity index (χ0) is 13.4. The Kier molecular flexibility index (Phi) is 6.48. The van der Waals surface area contributed by atoms with Crippen LogP contribution in [0.15, 0.2) is 21.9 Å². The van der Waals surface area contributed by atoms with Crippen molar-refractivity contribution in [1.29, 1.82) is 0 Å². The fourth-order valence-corrected chi connectivity index (χ4v) is 1.78. The third kappa shape index (κ3) is 8.35. The zero-order valence-electron chi connectivity index (χ0n) is 9.55. The van der Waals surface area contributed by atoms with Crippen LogP contribution in [0, 0.1) is 0 Å². The number of ether oxygens (including phenoxy) is 1. The molecular formula is C9H15N2O5PS. The molecule has 1 fully saturated rings. The Morgan fingerprint density at radius 2 is 2.00 bits per heavy atom. The predicted molar refractivity (Wildman–Crippen MR) is 68.6 cm³/mol. The first-order chi connectivity index (χ1) is 8.45. The Balaban J connectivity index is 0.000000280. The third-order valence-corrected chi connectivity index (χ3v) is 2.60. The van der Waals surface area contributed by atoms with E-state index in [1.54, 1.807) is 11.3 Å². The molecule has 7 nitrogen and oxygen atoms in total. The molecule has 0 amide bonds. The van der Waals surface area contributed by atoms with Crippen molar-refractivity contribution in [3.8, 4) is 0 Å². The summed E-state index contributed by atoms with van der Waals surface area (Å²) in [5, 5.41) is 10.5. The largest absolute Gasteiger partial charge is 0.466 e. The van der Waals surface area contributed by atoms with Crippen LogP contribution in [-0.2, 0) is 9.30 Å². The maximum absolute atomic E-state index is 8.88. The van der Waals surface area contributed by atoms with Gasteiger partial charge in [-0.25, -0.2) is 4.57 Å². The van der Waals surface area contributed by atoms with Gasteiger partial charge in [-0.2, -0.15) is 16.4 Å². The van der Waals surface area contributed by atoms with E-state index in [-0.39, 0.29) is 0 Å². The summed E-state index contributed by atoms with van der Waals surface area (Å²) in [5.74, 6) is 0. The molecule has 0 bridgehead atoms. The van der Waals surface area contributed by atoms with Crippen molar-refractivity contribution in [2.75, 3.05) is 26.3 Å². The second-order valence-corrected chi connectivity index (χ2v) is 5.19. The van der Waals surface area contributed by atoms with Gasteiger partial charge in [-0.3, -0.25) is 5.01 Å². The first-order valence-corrected chi connectivity index (χ1v) is 7.63. The minimum absolute atomic E-state index is 0.793. The number of nitrogens with zero attached hydrogens (tertiary/aromatic N) is 2. The summed E-state index contributed by atoms with van der Waals surface area (Å²) in [6.07, 6.45) is 1.90. The Bertz CT molecular complexity index is 391. The lowest BCUT2D eigenvalue weighted by atomic mass is 10.4. The van der Waals surface area contributed by atoms with Crippen molar-refractivity contribution in [3.63, 3.8) is 0 Å². The van der Waals surface area contributed by atoms with Gasteiger partial charge in [0.2, 0.25) is 0 Å². The molecule has 2 heterocycles. The SMILES string of the molecule is C(=N\N1CCOCC1)/c1ccsc1.O=P(O)(O)O. The van der Waals surface area contributed by atoms with Gasteiger partial charge in [-0.1, -0.05) is 0 Å². The Morgan fingerprint density at radius 3 is 2.50 bits per heavy atom. The maximum Gasteiger partial charge on any atom is 0.466 e. The highest BCUT2D eigenvalue weighted by Gasteiger charge is 2.05. The molecule has 9 heteroatoms. The average Bonchev–Trinajstić information content (AvgIpc) is 2.78. The van der Waals surface area contributed by atoms with Gasteiger partial charge in [0, 0.05) is 5.56 Å². The quantitative estimate of drug-likeness (QED) is 0.542. The first kappa shape index (κ1) is 15.3. The second-order valence-electron chi connectivity index (χ2n) is 3.38. The van der Waals surface area contributed by atoms with Crippen molar-refractivity contribution in [3.05, 3.63) is 22.4 Å². The van der Waals surface area contributed by atoms with E-state index in [0.29, 0.717) is 0 Å². The normalized spacial score (nSPS) is 16.5. The smallest absolute Gasteiger partial charge is 0.378 e. The molecule has 0 unspecified atom stereocenters. The van der Waals surface area contributed by atoms with E-state index in [4.69, 9.17) is 24.0 Å². The lowest BCUT2D eigenvalue weighted by Crippen LogP contribution is -2.32. The molecule has 1 aromatic rings. The molecule has 0 saturated carbocycles. The molecule has 3 N–H and O–H groups in total. The molecule has 1 aliphatic heterocycles. The van der Waals surface area contributed by atoms with Gasteiger partial charge in [0.25, 0.3) is 0 Å². The molecule has 102 valence electrons. The van der Waals surface area contributed by atoms with E-state index in [2.05, 4.69) is 21.9 Å². The third-order valence-electron chi connectivity index (χ3n) is 1.90. The predicted octanol–water partition coefficient (Wildman–Crippen LogP) is 0.486. The maximum atomic E-state index is 8.88. The van der Waals surface area contributed by atoms with Crippen LogP contribution in [0.1, 0.15) is 5.56 Å². The molecule has 0 spiro atoms. The van der Waals surface area contributed by atoms with E-state index in [9.17, 15) is 0 Å². The molecule has 1 saturated heterocycles. The number of rotatable bonds is 2. The van der Waals surface area contributed by atoms with E-state index in [0.717, 1.165) is 26.3 Å². The highest BCUT2D eigenvalue weighted by atomic mass is 32.1. The minimum Gasteiger partial charge on any atom is -0.378 e. The summed E-state index contributed by atoms with van der Waals surface area (Å²) >= 11 is 1.69. The molecule has 0 aromatic carbocycles. The number of hydrazone groups is 1. The zero-order valence-corrected chi connectivity index (χ0v) is 11.3. The van der Waals surface area contributed by atoms with Crippen LogP contribution in [0.25, 0.3) is 0 Å². The average molecular weight is 294 g/mol. The van der Waals surface area contributed by atoms with Gasteiger partial charge in [-0.15, -0.1) is 0 Å². The molecule has 2 rings (SSSR count). The van der Waals surface area contributed by atoms with Crippen molar-refractivity contribution < 1.29 is 24.0 Å². The van der Waals surface area contributed by atoms with Crippen molar-refractivity contribution in [2.45, 2.75) is 0 Å². The van der Waals surface area contributed by atoms with E-state index >= 15 is 0 Å². The lowest BCUT2D eigenvalue weighted by Gasteiger charge is -2.23. The summed E-state index contributed by atoms with van der Waals surface area (Å²) in [4.78, 5) is 21.6. The highest BCUT2D eigenvalue weighted by Crippen LogP contribution is 2.25. The minimum atomic E-state index is -4.64. The van der Waals surface area contributed by atoms with Gasteiger partial charge < -0.3 is 19.4 Å². The summed E-state index contributed by atoms with van der Waals surface area (Å²) in [7, 11) is -4.64. The van der Waals surface area contributed by atoms with Gasteiger partial charge in [-0.05, 0) is 16.8 Å². The summed E-state index contributed by atoms with van der Waals surface area (Å²) < 4.78 is 14.1. The molecule has 0 atom stereocenters. The number of hydrogen-bond acceptors (Lipinski definition) is 5. The topological polar surface area (TPSA) is 103 Å². The molecule has 0 aliphatic carbocycles. The molecule has 1 aromatic heterocycles. The van der Waals surface area contributed by atoms with Crippen LogP contribution in [0.5, 0.6) is 0 Å². The van der Waals surface area contributed by atoms with Gasteiger partial charge >= 0.3 is 7.82 Å².